The van der Waals surface area contributed by atoms with Crippen molar-refractivity contribution in [3.05, 3.63) is 41.3 Å². The molecule has 7 heteroatoms. The number of hydrogen-bond acceptors (Lipinski definition) is 5. The monoisotopic (exact) mass is 287 g/mol. The van der Waals surface area contributed by atoms with Gasteiger partial charge in [0.05, 0.1) is 17.6 Å². The lowest BCUT2D eigenvalue weighted by Gasteiger charge is -2.12. The van der Waals surface area contributed by atoms with Gasteiger partial charge in [0.15, 0.2) is 5.65 Å². The minimum absolute atomic E-state index is 0.0373. The maximum absolute atomic E-state index is 5.93. The van der Waals surface area contributed by atoms with E-state index in [0.29, 0.717) is 18.1 Å². The van der Waals surface area contributed by atoms with Crippen LogP contribution in [0.25, 0.3) is 11.0 Å². The van der Waals surface area contributed by atoms with E-state index in [1.807, 2.05) is 24.3 Å². The minimum atomic E-state index is 0.0373. The van der Waals surface area contributed by atoms with E-state index >= 15 is 0 Å². The van der Waals surface area contributed by atoms with Crippen molar-refractivity contribution < 1.29 is 4.74 Å². The van der Waals surface area contributed by atoms with Crippen LogP contribution in [0, 0.1) is 0 Å². The average molecular weight is 288 g/mol. The van der Waals surface area contributed by atoms with Crippen LogP contribution >= 0.6 is 11.6 Å². The van der Waals surface area contributed by atoms with Crippen LogP contribution in [0.1, 0.15) is 11.6 Å². The van der Waals surface area contributed by atoms with Crippen LogP contribution in [-0.2, 0) is 0 Å². The molecule has 1 aliphatic heterocycles. The van der Waals surface area contributed by atoms with E-state index in [2.05, 4.69) is 25.5 Å². The molecule has 3 heterocycles. The number of halogens is 1. The standard InChI is InChI=1S/C13H10ClN5O/c14-13-17-11(8-5-15-19-12(8)18-13)16-9-6-20-10-4-2-1-3-7(9)10/h1-5,9H,6H2,(H2,15,16,17,18,19). The number of aromatic nitrogens is 4. The van der Waals surface area contributed by atoms with Crippen molar-refractivity contribution in [3.8, 4) is 5.75 Å². The molecule has 1 aromatic carbocycles. The van der Waals surface area contributed by atoms with Crippen LogP contribution < -0.4 is 10.1 Å². The number of nitrogens with zero attached hydrogens (tertiary/aromatic N) is 3. The fraction of sp³-hybridized carbons (Fsp3) is 0.154. The van der Waals surface area contributed by atoms with Gasteiger partial charge in [0, 0.05) is 5.56 Å². The zero-order valence-corrected chi connectivity index (χ0v) is 11.1. The number of rotatable bonds is 2. The Bertz CT molecular complexity index is 787. The lowest BCUT2D eigenvalue weighted by atomic mass is 10.1. The Hall–Kier alpha value is -2.34. The number of H-pyrrole nitrogens is 1. The van der Waals surface area contributed by atoms with E-state index in [1.54, 1.807) is 6.20 Å². The largest absolute Gasteiger partial charge is 0.491 e. The van der Waals surface area contributed by atoms with Crippen LogP contribution in [-0.4, -0.2) is 26.8 Å². The normalized spacial score (nSPS) is 16.9. The summed E-state index contributed by atoms with van der Waals surface area (Å²) >= 11 is 5.93. The lowest BCUT2D eigenvalue weighted by Crippen LogP contribution is -2.13. The van der Waals surface area contributed by atoms with Gasteiger partial charge in [0.1, 0.15) is 18.2 Å². The molecule has 1 unspecified atom stereocenters. The Labute approximate surface area is 119 Å². The van der Waals surface area contributed by atoms with Crippen LogP contribution in [0.3, 0.4) is 0 Å². The highest BCUT2D eigenvalue weighted by Gasteiger charge is 2.24. The summed E-state index contributed by atoms with van der Waals surface area (Å²) in [4.78, 5) is 8.32. The predicted octanol–water partition coefficient (Wildman–Crippen LogP) is 2.55. The van der Waals surface area contributed by atoms with Gasteiger partial charge in [-0.3, -0.25) is 5.10 Å². The van der Waals surface area contributed by atoms with Crippen molar-refractivity contribution >= 4 is 28.5 Å². The summed E-state index contributed by atoms with van der Waals surface area (Å²) in [5.74, 6) is 1.55. The Kier molecular flexibility index (Phi) is 2.50. The molecule has 6 nitrogen and oxygen atoms in total. The Balaban J connectivity index is 1.74. The molecule has 4 rings (SSSR count). The number of benzene rings is 1. The van der Waals surface area contributed by atoms with Crippen LogP contribution in [0.2, 0.25) is 5.28 Å². The highest BCUT2D eigenvalue weighted by Crippen LogP contribution is 2.34. The van der Waals surface area contributed by atoms with E-state index in [1.165, 1.54) is 0 Å². The van der Waals surface area contributed by atoms with E-state index in [0.717, 1.165) is 16.7 Å². The van der Waals surface area contributed by atoms with Crippen LogP contribution in [0.15, 0.2) is 30.5 Å². The molecule has 1 aliphatic rings. The molecule has 3 aromatic rings. The summed E-state index contributed by atoms with van der Waals surface area (Å²) < 4.78 is 5.64. The fourth-order valence-electron chi connectivity index (χ4n) is 2.36. The number of fused-ring (bicyclic) bond motifs is 2. The third-order valence-corrected chi connectivity index (χ3v) is 3.46. The summed E-state index contributed by atoms with van der Waals surface area (Å²) in [6.07, 6.45) is 1.68. The van der Waals surface area contributed by atoms with Gasteiger partial charge >= 0.3 is 0 Å². The molecular weight excluding hydrogens is 278 g/mol. The molecule has 20 heavy (non-hydrogen) atoms. The lowest BCUT2D eigenvalue weighted by molar-refractivity contribution is 0.339. The zero-order chi connectivity index (χ0) is 13.5. The van der Waals surface area contributed by atoms with Crippen molar-refractivity contribution in [3.63, 3.8) is 0 Å². The summed E-state index contributed by atoms with van der Waals surface area (Å²) in [5, 5.41) is 11.1. The Morgan fingerprint density at radius 2 is 2.20 bits per heavy atom. The van der Waals surface area contributed by atoms with Crippen molar-refractivity contribution in [2.75, 3.05) is 11.9 Å². The van der Waals surface area contributed by atoms with Gasteiger partial charge in [0.25, 0.3) is 0 Å². The molecule has 2 N–H and O–H groups in total. The summed E-state index contributed by atoms with van der Waals surface area (Å²) in [6.45, 7) is 0.556. The van der Waals surface area contributed by atoms with Gasteiger partial charge in [-0.05, 0) is 17.7 Å². The van der Waals surface area contributed by atoms with Gasteiger partial charge < -0.3 is 10.1 Å². The highest BCUT2D eigenvalue weighted by molar-refractivity contribution is 6.28. The van der Waals surface area contributed by atoms with Crippen molar-refractivity contribution in [1.82, 2.24) is 20.2 Å². The molecule has 0 saturated carbocycles. The minimum Gasteiger partial charge on any atom is -0.491 e. The van der Waals surface area contributed by atoms with Gasteiger partial charge in [-0.2, -0.15) is 15.1 Å². The second kappa shape index (κ2) is 4.35. The van der Waals surface area contributed by atoms with Crippen molar-refractivity contribution in [2.45, 2.75) is 6.04 Å². The first-order valence-electron chi connectivity index (χ1n) is 6.16. The number of ether oxygens (including phenoxy) is 1. The number of para-hydroxylation sites is 1. The molecule has 0 aliphatic carbocycles. The molecule has 0 radical (unpaired) electrons. The number of aromatic amines is 1. The van der Waals surface area contributed by atoms with E-state index in [-0.39, 0.29) is 11.3 Å². The third kappa shape index (κ3) is 1.77. The number of hydrogen-bond donors (Lipinski definition) is 2. The maximum Gasteiger partial charge on any atom is 0.226 e. The van der Waals surface area contributed by atoms with E-state index < -0.39 is 0 Å². The molecule has 0 fully saturated rings. The quantitative estimate of drug-likeness (QED) is 0.709. The smallest absolute Gasteiger partial charge is 0.226 e. The number of nitrogens with one attached hydrogen (secondary N) is 2. The second-order valence-corrected chi connectivity index (χ2v) is 4.86. The van der Waals surface area contributed by atoms with Crippen LogP contribution in [0.4, 0.5) is 5.82 Å². The maximum atomic E-state index is 5.93. The van der Waals surface area contributed by atoms with Gasteiger partial charge in [-0.1, -0.05) is 18.2 Å². The molecule has 100 valence electrons. The second-order valence-electron chi connectivity index (χ2n) is 4.52. The van der Waals surface area contributed by atoms with Crippen molar-refractivity contribution in [2.24, 2.45) is 0 Å². The SMILES string of the molecule is Clc1nc(NC2COc3ccccc32)c2cn[nH]c2n1. The Morgan fingerprint density at radius 1 is 1.30 bits per heavy atom. The molecule has 0 amide bonds. The summed E-state index contributed by atoms with van der Waals surface area (Å²) in [6, 6.07) is 7.97. The predicted molar refractivity (Wildman–Crippen MR) is 75.0 cm³/mol. The highest BCUT2D eigenvalue weighted by atomic mass is 35.5. The first-order chi connectivity index (χ1) is 9.81. The zero-order valence-electron chi connectivity index (χ0n) is 10.3. The molecule has 1 atom stereocenters. The summed E-state index contributed by atoms with van der Waals surface area (Å²) in [7, 11) is 0. The van der Waals surface area contributed by atoms with Crippen LogP contribution in [0.5, 0.6) is 5.75 Å². The first-order valence-corrected chi connectivity index (χ1v) is 6.54. The molecular formula is C13H10ClN5O. The van der Waals surface area contributed by atoms with Crippen molar-refractivity contribution in [1.29, 1.82) is 0 Å². The van der Waals surface area contributed by atoms with Gasteiger partial charge in [-0.25, -0.2) is 0 Å². The average Bonchev–Trinajstić information content (AvgIpc) is 3.06. The number of anilines is 1. The topological polar surface area (TPSA) is 75.7 Å². The van der Waals surface area contributed by atoms with Gasteiger partial charge in [-0.15, -0.1) is 0 Å². The third-order valence-electron chi connectivity index (χ3n) is 3.29. The fourth-order valence-corrected chi connectivity index (χ4v) is 2.53. The molecule has 2 aromatic heterocycles. The van der Waals surface area contributed by atoms with E-state index in [4.69, 9.17) is 16.3 Å². The Morgan fingerprint density at radius 3 is 3.15 bits per heavy atom. The van der Waals surface area contributed by atoms with E-state index in [9.17, 15) is 0 Å². The first kappa shape index (κ1) is 11.5. The van der Waals surface area contributed by atoms with Gasteiger partial charge in [0.2, 0.25) is 5.28 Å². The molecule has 0 bridgehead atoms. The molecule has 0 spiro atoms. The molecule has 0 saturated heterocycles. The summed E-state index contributed by atoms with van der Waals surface area (Å²) in [5.41, 5.74) is 1.72.